The molecule has 5 nitrogen and oxygen atoms in total. The van der Waals surface area contributed by atoms with Gasteiger partial charge in [0.25, 0.3) is 5.91 Å². The monoisotopic (exact) mass is 334 g/mol. The highest BCUT2D eigenvalue weighted by atomic mass is 79.9. The number of carboxylic acid groups (broad SMARTS) is 1. The molecule has 0 bridgehead atoms. The lowest BCUT2D eigenvalue weighted by Crippen LogP contribution is -2.13. The normalized spacial score (nSPS) is 10.1. The third-order valence-electron chi connectivity index (χ3n) is 2.68. The first kappa shape index (κ1) is 14.2. The van der Waals surface area contributed by atoms with E-state index >= 15 is 0 Å². The van der Waals surface area contributed by atoms with Crippen LogP contribution in [0.3, 0.4) is 0 Å². The molecule has 0 saturated heterocycles. The molecule has 1 aromatic carbocycles. The van der Waals surface area contributed by atoms with E-state index in [0.29, 0.717) is 11.3 Å². The zero-order valence-corrected chi connectivity index (χ0v) is 12.1. The smallest absolute Gasteiger partial charge is 0.354 e. The van der Waals surface area contributed by atoms with Crippen LogP contribution in [0, 0.1) is 6.92 Å². The van der Waals surface area contributed by atoms with E-state index in [1.165, 1.54) is 18.3 Å². The highest BCUT2D eigenvalue weighted by Gasteiger charge is 2.11. The number of carbonyl (C=O) groups excluding carboxylic acids is 1. The number of nitrogens with zero attached hydrogens (tertiary/aromatic N) is 1. The number of nitrogens with one attached hydrogen (secondary N) is 1. The van der Waals surface area contributed by atoms with Crippen molar-refractivity contribution in [2.45, 2.75) is 6.92 Å². The van der Waals surface area contributed by atoms with Crippen molar-refractivity contribution in [3.63, 3.8) is 0 Å². The predicted octanol–water partition coefficient (Wildman–Crippen LogP) is 3.10. The minimum absolute atomic E-state index is 0.0988. The molecule has 20 heavy (non-hydrogen) atoms. The van der Waals surface area contributed by atoms with Crippen molar-refractivity contribution in [2.75, 3.05) is 5.32 Å². The van der Waals surface area contributed by atoms with Crippen molar-refractivity contribution in [3.8, 4) is 0 Å². The second-order valence-electron chi connectivity index (χ2n) is 4.13. The number of carbonyl (C=O) groups is 2. The third-order valence-corrected chi connectivity index (χ3v) is 3.74. The summed E-state index contributed by atoms with van der Waals surface area (Å²) in [6.45, 7) is 1.92. The maximum absolute atomic E-state index is 12.0. The van der Waals surface area contributed by atoms with Crippen LogP contribution >= 0.6 is 15.9 Å². The van der Waals surface area contributed by atoms with Gasteiger partial charge in [-0.3, -0.25) is 4.79 Å². The minimum atomic E-state index is -1.13. The van der Waals surface area contributed by atoms with E-state index in [-0.39, 0.29) is 11.6 Å². The molecule has 0 saturated carbocycles. The van der Waals surface area contributed by atoms with Crippen molar-refractivity contribution >= 4 is 33.5 Å². The van der Waals surface area contributed by atoms with Crippen LogP contribution in [-0.2, 0) is 0 Å². The van der Waals surface area contributed by atoms with Gasteiger partial charge in [-0.2, -0.15) is 0 Å². The van der Waals surface area contributed by atoms with Crippen LogP contribution in [0.2, 0.25) is 0 Å². The predicted molar refractivity (Wildman–Crippen MR) is 78.0 cm³/mol. The molecule has 0 aliphatic heterocycles. The first-order valence-corrected chi connectivity index (χ1v) is 6.54. The lowest BCUT2D eigenvalue weighted by atomic mass is 10.2. The zero-order chi connectivity index (χ0) is 14.7. The Bertz CT molecular complexity index is 669. The van der Waals surface area contributed by atoms with Gasteiger partial charge in [-0.05, 0) is 46.6 Å². The molecule has 6 heteroatoms. The number of aromatic nitrogens is 1. The Kier molecular flexibility index (Phi) is 4.14. The summed E-state index contributed by atoms with van der Waals surface area (Å²) in [4.78, 5) is 26.4. The topological polar surface area (TPSA) is 79.3 Å². The maximum Gasteiger partial charge on any atom is 0.354 e. The summed E-state index contributed by atoms with van der Waals surface area (Å²) in [6, 6.07) is 8.25. The van der Waals surface area contributed by atoms with E-state index in [0.717, 1.165) is 10.0 Å². The van der Waals surface area contributed by atoms with E-state index in [4.69, 9.17) is 5.11 Å². The van der Waals surface area contributed by atoms with Crippen LogP contribution < -0.4 is 5.32 Å². The number of benzene rings is 1. The van der Waals surface area contributed by atoms with E-state index < -0.39 is 5.97 Å². The molecule has 102 valence electrons. The lowest BCUT2D eigenvalue weighted by Gasteiger charge is -2.09. The van der Waals surface area contributed by atoms with Gasteiger partial charge in [-0.15, -0.1) is 0 Å². The van der Waals surface area contributed by atoms with Crippen LogP contribution in [0.1, 0.15) is 26.4 Å². The summed E-state index contributed by atoms with van der Waals surface area (Å²) in [5, 5.41) is 11.5. The third kappa shape index (κ3) is 3.03. The Morgan fingerprint density at radius 2 is 2.00 bits per heavy atom. The molecular formula is C14H11BrN2O3. The molecule has 0 unspecified atom stereocenters. The van der Waals surface area contributed by atoms with Crippen molar-refractivity contribution in [3.05, 3.63) is 57.8 Å². The Hall–Kier alpha value is -2.21. The molecule has 1 aromatic heterocycles. The summed E-state index contributed by atoms with van der Waals surface area (Å²) >= 11 is 3.40. The van der Waals surface area contributed by atoms with Crippen LogP contribution in [0.4, 0.5) is 5.69 Å². The standard InChI is InChI=1S/C14H11BrN2O3/c1-8-3-2-4-10(12(8)15)17-13(18)9-5-6-11(14(19)20)16-7-9/h2-7H,1H3,(H,17,18)(H,19,20). The Morgan fingerprint density at radius 1 is 1.25 bits per heavy atom. The second kappa shape index (κ2) is 5.83. The number of carboxylic acids is 1. The van der Waals surface area contributed by atoms with E-state index in [1.54, 1.807) is 6.07 Å². The number of halogens is 1. The average Bonchev–Trinajstić information content (AvgIpc) is 2.44. The maximum atomic E-state index is 12.0. The fourth-order valence-electron chi connectivity index (χ4n) is 1.59. The first-order valence-electron chi connectivity index (χ1n) is 5.75. The number of aromatic carboxylic acids is 1. The van der Waals surface area contributed by atoms with Gasteiger partial charge >= 0.3 is 5.97 Å². The summed E-state index contributed by atoms with van der Waals surface area (Å²) in [6.07, 6.45) is 1.24. The summed E-state index contributed by atoms with van der Waals surface area (Å²) in [5.74, 6) is -1.47. The molecular weight excluding hydrogens is 324 g/mol. The molecule has 1 heterocycles. The molecule has 0 fully saturated rings. The highest BCUT2D eigenvalue weighted by molar-refractivity contribution is 9.10. The number of hydrogen-bond acceptors (Lipinski definition) is 3. The van der Waals surface area contributed by atoms with Gasteiger partial charge in [0, 0.05) is 10.7 Å². The fraction of sp³-hybridized carbons (Fsp3) is 0.0714. The van der Waals surface area contributed by atoms with E-state index in [1.807, 2.05) is 19.1 Å². The van der Waals surface area contributed by atoms with E-state index in [2.05, 4.69) is 26.2 Å². The van der Waals surface area contributed by atoms with Gasteiger partial charge in [0.05, 0.1) is 11.3 Å². The van der Waals surface area contributed by atoms with Crippen molar-refractivity contribution in [1.29, 1.82) is 0 Å². The van der Waals surface area contributed by atoms with Gasteiger partial charge in [0.1, 0.15) is 5.69 Å². The number of anilines is 1. The van der Waals surface area contributed by atoms with Crippen LogP contribution in [-0.4, -0.2) is 22.0 Å². The summed E-state index contributed by atoms with van der Waals surface area (Å²) in [5.41, 5.74) is 1.85. The molecule has 1 amide bonds. The highest BCUT2D eigenvalue weighted by Crippen LogP contribution is 2.26. The Labute approximate surface area is 123 Å². The number of aryl methyl sites for hydroxylation is 1. The van der Waals surface area contributed by atoms with E-state index in [9.17, 15) is 9.59 Å². The number of hydrogen-bond donors (Lipinski definition) is 2. The van der Waals surface area contributed by atoms with Gasteiger partial charge < -0.3 is 10.4 Å². The minimum Gasteiger partial charge on any atom is -0.477 e. The summed E-state index contributed by atoms with van der Waals surface area (Å²) < 4.78 is 0.809. The quantitative estimate of drug-likeness (QED) is 0.903. The van der Waals surface area contributed by atoms with Gasteiger partial charge in [-0.25, -0.2) is 9.78 Å². The van der Waals surface area contributed by atoms with Gasteiger partial charge in [-0.1, -0.05) is 12.1 Å². The van der Waals surface area contributed by atoms with Crippen molar-refractivity contribution in [2.24, 2.45) is 0 Å². The van der Waals surface area contributed by atoms with Gasteiger partial charge in [0.2, 0.25) is 0 Å². The zero-order valence-electron chi connectivity index (χ0n) is 10.6. The largest absolute Gasteiger partial charge is 0.477 e. The lowest BCUT2D eigenvalue weighted by molar-refractivity contribution is 0.0690. The van der Waals surface area contributed by atoms with Crippen molar-refractivity contribution < 1.29 is 14.7 Å². The van der Waals surface area contributed by atoms with Crippen LogP contribution in [0.15, 0.2) is 41.0 Å². The molecule has 0 radical (unpaired) electrons. The molecule has 2 aromatic rings. The summed E-state index contributed by atoms with van der Waals surface area (Å²) in [7, 11) is 0. The Morgan fingerprint density at radius 3 is 2.60 bits per heavy atom. The first-order chi connectivity index (χ1) is 9.49. The molecule has 0 spiro atoms. The fourth-order valence-corrected chi connectivity index (χ4v) is 1.96. The van der Waals surface area contributed by atoms with Gasteiger partial charge in [0.15, 0.2) is 0 Å². The molecule has 0 atom stereocenters. The number of rotatable bonds is 3. The SMILES string of the molecule is Cc1cccc(NC(=O)c2ccc(C(=O)O)nc2)c1Br. The number of pyridine rings is 1. The molecule has 2 rings (SSSR count). The van der Waals surface area contributed by atoms with Crippen molar-refractivity contribution in [1.82, 2.24) is 4.98 Å². The van der Waals surface area contributed by atoms with Crippen LogP contribution in [0.5, 0.6) is 0 Å². The van der Waals surface area contributed by atoms with Crippen LogP contribution in [0.25, 0.3) is 0 Å². The Balaban J connectivity index is 2.20. The second-order valence-corrected chi connectivity index (χ2v) is 4.92. The average molecular weight is 335 g/mol. The molecule has 2 N–H and O–H groups in total. The molecule has 0 aliphatic rings. The number of amides is 1. The molecule has 0 aliphatic carbocycles.